The fourth-order valence-corrected chi connectivity index (χ4v) is 3.15. The second kappa shape index (κ2) is 8.17. The Bertz CT molecular complexity index is 959. The largest absolute Gasteiger partial charge is 0.448 e. The van der Waals surface area contributed by atoms with Crippen molar-refractivity contribution < 1.29 is 23.9 Å². The number of rotatable bonds is 4. The molecule has 30 heavy (non-hydrogen) atoms. The summed E-state index contributed by atoms with van der Waals surface area (Å²) in [5.74, 6) is 0.281. The molecule has 0 fully saturated rings. The zero-order chi connectivity index (χ0) is 22.1. The lowest BCUT2D eigenvalue weighted by atomic mass is 10.2. The van der Waals surface area contributed by atoms with E-state index in [4.69, 9.17) is 9.47 Å². The van der Waals surface area contributed by atoms with Crippen molar-refractivity contribution in [3.05, 3.63) is 41.1 Å². The van der Waals surface area contributed by atoms with Crippen LogP contribution in [0.3, 0.4) is 0 Å². The van der Waals surface area contributed by atoms with Crippen molar-refractivity contribution in [3.8, 4) is 0 Å². The van der Waals surface area contributed by atoms with Crippen molar-refractivity contribution in [3.63, 3.8) is 0 Å². The Balaban J connectivity index is 2.01. The molecule has 2 amide bonds. The average Bonchev–Trinajstić information content (AvgIpc) is 3.23. The molecule has 0 atom stereocenters. The van der Waals surface area contributed by atoms with Crippen LogP contribution in [0.15, 0.2) is 24.3 Å². The van der Waals surface area contributed by atoms with Crippen LogP contribution in [-0.2, 0) is 27.4 Å². The first-order valence-corrected chi connectivity index (χ1v) is 9.71. The van der Waals surface area contributed by atoms with Gasteiger partial charge < -0.3 is 9.47 Å². The first kappa shape index (κ1) is 21.4. The number of ether oxygens (including phenoxy) is 2. The van der Waals surface area contributed by atoms with Crippen molar-refractivity contribution in [1.82, 2.24) is 14.7 Å². The molecule has 0 spiro atoms. The van der Waals surface area contributed by atoms with Crippen molar-refractivity contribution in [2.75, 3.05) is 11.5 Å². The Morgan fingerprint density at radius 2 is 1.83 bits per heavy atom. The molecule has 1 aliphatic rings. The van der Waals surface area contributed by atoms with Crippen LogP contribution in [0.1, 0.15) is 44.5 Å². The maximum Gasteiger partial charge on any atom is 0.435 e. The third-order valence-corrected chi connectivity index (χ3v) is 4.50. The van der Waals surface area contributed by atoms with Gasteiger partial charge in [0, 0.05) is 5.56 Å². The third kappa shape index (κ3) is 4.29. The number of hydrogen-bond donors (Lipinski definition) is 0. The van der Waals surface area contributed by atoms with E-state index in [1.165, 1.54) is 9.80 Å². The molecule has 0 radical (unpaired) electrons. The van der Waals surface area contributed by atoms with E-state index in [1.807, 2.05) is 19.1 Å². The molecule has 0 saturated carbocycles. The lowest BCUT2D eigenvalue weighted by Crippen LogP contribution is -2.34. The smallest absolute Gasteiger partial charge is 0.435 e. The SMILES string of the molecule is CCOC(=O)n1nc(N(C=O)c2ccc(C)cc2)c2c1CN(C(=O)OC(C)(C)C)C2. The molecule has 160 valence electrons. The number of fused-ring (bicyclic) bond motifs is 1. The molecule has 0 N–H and O–H groups in total. The molecule has 0 unspecified atom stereocenters. The zero-order valence-corrected chi connectivity index (χ0v) is 17.8. The fourth-order valence-electron chi connectivity index (χ4n) is 3.15. The van der Waals surface area contributed by atoms with Gasteiger partial charge in [-0.05, 0) is 46.8 Å². The Morgan fingerprint density at radius 1 is 1.17 bits per heavy atom. The van der Waals surface area contributed by atoms with Gasteiger partial charge in [0.1, 0.15) is 5.60 Å². The molecule has 1 aromatic carbocycles. The molecular weight excluding hydrogens is 388 g/mol. The minimum absolute atomic E-state index is 0.122. The van der Waals surface area contributed by atoms with E-state index in [1.54, 1.807) is 39.8 Å². The Kier molecular flexibility index (Phi) is 5.82. The fraction of sp³-hybridized carbons (Fsp3) is 0.429. The van der Waals surface area contributed by atoms with Gasteiger partial charge in [-0.3, -0.25) is 14.6 Å². The van der Waals surface area contributed by atoms with Crippen molar-refractivity contribution >= 4 is 30.1 Å². The monoisotopic (exact) mass is 414 g/mol. The minimum atomic E-state index is -0.666. The maximum atomic E-state index is 12.6. The van der Waals surface area contributed by atoms with Gasteiger partial charge in [0.15, 0.2) is 5.82 Å². The highest BCUT2D eigenvalue weighted by Crippen LogP contribution is 2.35. The summed E-state index contributed by atoms with van der Waals surface area (Å²) in [6.07, 6.45) is -0.535. The summed E-state index contributed by atoms with van der Waals surface area (Å²) >= 11 is 0. The number of hydrogen-bond acceptors (Lipinski definition) is 6. The summed E-state index contributed by atoms with van der Waals surface area (Å²) < 4.78 is 11.7. The standard InChI is InChI=1S/C21H26N4O5/c1-6-29-20(28)25-17-12-23(19(27)30-21(3,4)5)11-16(17)18(22-25)24(13-26)15-9-7-14(2)8-10-15/h7-10,13H,6,11-12H2,1-5H3. The predicted octanol–water partition coefficient (Wildman–Crippen LogP) is 3.74. The van der Waals surface area contributed by atoms with Crippen LogP contribution in [0.2, 0.25) is 0 Å². The van der Waals surface area contributed by atoms with Gasteiger partial charge >= 0.3 is 12.2 Å². The highest BCUT2D eigenvalue weighted by atomic mass is 16.6. The number of carbonyl (C=O) groups excluding carboxylic acids is 3. The van der Waals surface area contributed by atoms with Gasteiger partial charge in [-0.1, -0.05) is 17.7 Å². The summed E-state index contributed by atoms with van der Waals surface area (Å²) in [5, 5.41) is 4.35. The normalized spacial score (nSPS) is 13.0. The summed E-state index contributed by atoms with van der Waals surface area (Å²) in [5.41, 5.74) is 2.08. The Morgan fingerprint density at radius 3 is 2.40 bits per heavy atom. The molecule has 9 heteroatoms. The van der Waals surface area contributed by atoms with Gasteiger partial charge in [-0.25, -0.2) is 9.59 Å². The van der Waals surface area contributed by atoms with Crippen molar-refractivity contribution in [1.29, 1.82) is 0 Å². The predicted molar refractivity (Wildman–Crippen MR) is 110 cm³/mol. The lowest BCUT2D eigenvalue weighted by molar-refractivity contribution is -0.106. The molecular formula is C21H26N4O5. The summed E-state index contributed by atoms with van der Waals surface area (Å²) in [4.78, 5) is 39.8. The van der Waals surface area contributed by atoms with E-state index in [-0.39, 0.29) is 25.5 Å². The van der Waals surface area contributed by atoms with E-state index in [0.29, 0.717) is 23.4 Å². The van der Waals surface area contributed by atoms with Gasteiger partial charge in [-0.2, -0.15) is 4.68 Å². The van der Waals surface area contributed by atoms with E-state index in [0.717, 1.165) is 10.2 Å². The van der Waals surface area contributed by atoms with Crippen molar-refractivity contribution in [2.24, 2.45) is 0 Å². The number of nitrogens with zero attached hydrogens (tertiary/aromatic N) is 4. The third-order valence-electron chi connectivity index (χ3n) is 4.50. The molecule has 0 aliphatic carbocycles. The Labute approximate surface area is 175 Å². The molecule has 9 nitrogen and oxygen atoms in total. The van der Waals surface area contributed by atoms with Gasteiger partial charge in [0.2, 0.25) is 6.41 Å². The van der Waals surface area contributed by atoms with E-state index in [9.17, 15) is 14.4 Å². The van der Waals surface area contributed by atoms with Crippen LogP contribution in [0.4, 0.5) is 21.1 Å². The summed E-state index contributed by atoms with van der Waals surface area (Å²) in [6, 6.07) is 7.34. The number of carbonyl (C=O) groups is 3. The van der Waals surface area contributed by atoms with Crippen LogP contribution in [0.25, 0.3) is 0 Å². The van der Waals surface area contributed by atoms with Gasteiger partial charge in [0.25, 0.3) is 0 Å². The highest BCUT2D eigenvalue weighted by molar-refractivity contribution is 5.88. The number of aryl methyl sites for hydroxylation is 1. The molecule has 2 heterocycles. The van der Waals surface area contributed by atoms with Crippen LogP contribution in [0.5, 0.6) is 0 Å². The number of benzene rings is 1. The van der Waals surface area contributed by atoms with Crippen LogP contribution >= 0.6 is 0 Å². The minimum Gasteiger partial charge on any atom is -0.448 e. The van der Waals surface area contributed by atoms with Crippen LogP contribution in [0, 0.1) is 6.92 Å². The molecule has 2 aromatic rings. The lowest BCUT2D eigenvalue weighted by Gasteiger charge is -2.24. The number of anilines is 2. The van der Waals surface area contributed by atoms with E-state index < -0.39 is 17.8 Å². The molecule has 0 bridgehead atoms. The first-order chi connectivity index (χ1) is 14.1. The Hall–Kier alpha value is -3.36. The van der Waals surface area contributed by atoms with Crippen molar-refractivity contribution in [2.45, 2.75) is 53.3 Å². The van der Waals surface area contributed by atoms with Gasteiger partial charge in [0.05, 0.1) is 31.1 Å². The molecule has 3 rings (SSSR count). The molecule has 1 aliphatic heterocycles. The quantitative estimate of drug-likeness (QED) is 0.708. The second-order valence-corrected chi connectivity index (χ2v) is 8.01. The zero-order valence-electron chi connectivity index (χ0n) is 17.8. The van der Waals surface area contributed by atoms with Crippen LogP contribution < -0.4 is 4.90 Å². The van der Waals surface area contributed by atoms with E-state index in [2.05, 4.69) is 5.10 Å². The van der Waals surface area contributed by atoms with E-state index >= 15 is 0 Å². The summed E-state index contributed by atoms with van der Waals surface area (Å²) in [6.45, 7) is 9.45. The molecule has 1 aromatic heterocycles. The maximum absolute atomic E-state index is 12.6. The average molecular weight is 414 g/mol. The topological polar surface area (TPSA) is 94.0 Å². The first-order valence-electron chi connectivity index (χ1n) is 9.71. The highest BCUT2D eigenvalue weighted by Gasteiger charge is 2.36. The summed E-state index contributed by atoms with van der Waals surface area (Å²) in [7, 11) is 0. The number of amides is 2. The molecule has 0 saturated heterocycles. The second-order valence-electron chi connectivity index (χ2n) is 8.01. The van der Waals surface area contributed by atoms with Gasteiger partial charge in [-0.15, -0.1) is 5.10 Å². The number of aromatic nitrogens is 2. The van der Waals surface area contributed by atoms with Crippen LogP contribution in [-0.4, -0.2) is 45.5 Å².